The summed E-state index contributed by atoms with van der Waals surface area (Å²) in [6, 6.07) is 3.97. The molecule has 0 saturated heterocycles. The Hall–Kier alpha value is -0.360. The molecule has 0 unspecified atom stereocenters. The number of carbonyl (C=O) groups is 1. The lowest BCUT2D eigenvalue weighted by atomic mass is 10.1. The van der Waals surface area contributed by atoms with E-state index in [1.54, 1.807) is 6.08 Å². The summed E-state index contributed by atoms with van der Waals surface area (Å²) in [5.74, 6) is -0.937. The van der Waals surface area contributed by atoms with Crippen molar-refractivity contribution in [1.29, 1.82) is 0 Å². The molecule has 1 rings (SSSR count). The molecule has 0 spiro atoms. The Labute approximate surface area is 104 Å². The second-order valence-corrected chi connectivity index (χ2v) is 4.83. The van der Waals surface area contributed by atoms with Crippen LogP contribution in [0.3, 0.4) is 0 Å². The van der Waals surface area contributed by atoms with Gasteiger partial charge in [-0.3, -0.25) is 0 Å². The van der Waals surface area contributed by atoms with Gasteiger partial charge in [0.1, 0.15) is 0 Å². The molecular weight excluding hydrogens is 359 g/mol. The van der Waals surface area contributed by atoms with Gasteiger partial charge in [-0.05, 0) is 53.3 Å². The first-order valence-electron chi connectivity index (χ1n) is 3.87. The highest BCUT2D eigenvalue weighted by Gasteiger charge is 2.03. The van der Waals surface area contributed by atoms with Gasteiger partial charge in [-0.1, -0.05) is 15.9 Å². The molecule has 1 N–H and O–H groups in total. The molecule has 0 fully saturated rings. The summed E-state index contributed by atoms with van der Waals surface area (Å²) in [7, 11) is 0. The number of benzene rings is 1. The number of rotatable bonds is 2. The highest BCUT2D eigenvalue weighted by Crippen LogP contribution is 2.25. The van der Waals surface area contributed by atoms with Gasteiger partial charge in [0.05, 0.1) is 0 Å². The van der Waals surface area contributed by atoms with Gasteiger partial charge in [0.15, 0.2) is 0 Å². The predicted molar refractivity (Wildman–Crippen MR) is 68.3 cm³/mol. The van der Waals surface area contributed by atoms with E-state index < -0.39 is 5.97 Å². The number of hydrogen-bond acceptors (Lipinski definition) is 1. The van der Waals surface area contributed by atoms with Crippen molar-refractivity contribution >= 4 is 50.6 Å². The third-order valence-corrected chi connectivity index (χ3v) is 3.16. The van der Waals surface area contributed by atoms with Gasteiger partial charge < -0.3 is 5.11 Å². The number of aliphatic carboxylic acids is 1. The molecule has 0 aliphatic rings. The van der Waals surface area contributed by atoms with E-state index in [4.69, 9.17) is 5.11 Å². The van der Waals surface area contributed by atoms with Gasteiger partial charge >= 0.3 is 5.97 Å². The molecule has 0 aliphatic carbocycles. The van der Waals surface area contributed by atoms with Crippen LogP contribution < -0.4 is 0 Å². The van der Waals surface area contributed by atoms with E-state index in [2.05, 4.69) is 38.5 Å². The van der Waals surface area contributed by atoms with E-state index in [0.29, 0.717) is 0 Å². The zero-order valence-electron chi connectivity index (χ0n) is 7.42. The van der Waals surface area contributed by atoms with Crippen LogP contribution in [0, 0.1) is 10.5 Å². The highest BCUT2D eigenvalue weighted by molar-refractivity contribution is 14.1. The first-order valence-corrected chi connectivity index (χ1v) is 5.74. The molecule has 0 heterocycles. The lowest BCUT2D eigenvalue weighted by molar-refractivity contribution is -0.131. The minimum atomic E-state index is -0.937. The molecule has 74 valence electrons. The molecule has 0 aliphatic heterocycles. The maximum absolute atomic E-state index is 10.4. The summed E-state index contributed by atoms with van der Waals surface area (Å²) in [6.45, 7) is 2.00. The fourth-order valence-corrected chi connectivity index (χ4v) is 3.06. The Kier molecular flexibility index (Phi) is 4.12. The third kappa shape index (κ3) is 3.09. The fourth-order valence-electron chi connectivity index (χ4n) is 1.02. The van der Waals surface area contributed by atoms with Crippen molar-refractivity contribution in [2.24, 2.45) is 0 Å². The second kappa shape index (κ2) is 4.93. The maximum atomic E-state index is 10.4. The molecule has 1 aromatic carbocycles. The summed E-state index contributed by atoms with van der Waals surface area (Å²) in [4.78, 5) is 10.4. The first-order chi connectivity index (χ1) is 6.50. The first kappa shape index (κ1) is 11.7. The van der Waals surface area contributed by atoms with Crippen LogP contribution >= 0.6 is 38.5 Å². The Morgan fingerprint density at radius 2 is 2.21 bits per heavy atom. The van der Waals surface area contributed by atoms with Gasteiger partial charge in [-0.15, -0.1) is 0 Å². The van der Waals surface area contributed by atoms with Crippen molar-refractivity contribution in [3.63, 3.8) is 0 Å². The quantitative estimate of drug-likeness (QED) is 0.642. The SMILES string of the molecule is Cc1cc(Br)c(/C=C/C(=O)O)c(I)c1. The van der Waals surface area contributed by atoms with E-state index in [1.807, 2.05) is 19.1 Å². The van der Waals surface area contributed by atoms with E-state index in [1.165, 1.54) is 0 Å². The van der Waals surface area contributed by atoms with Crippen LogP contribution in [-0.2, 0) is 4.79 Å². The van der Waals surface area contributed by atoms with Crippen LogP contribution in [0.25, 0.3) is 6.08 Å². The van der Waals surface area contributed by atoms with Gasteiger partial charge in [0.2, 0.25) is 0 Å². The summed E-state index contributed by atoms with van der Waals surface area (Å²) in [5.41, 5.74) is 2.05. The van der Waals surface area contributed by atoms with Crippen LogP contribution in [-0.4, -0.2) is 11.1 Å². The Bertz CT molecular complexity index is 376. The molecule has 0 atom stereocenters. The number of carboxylic acid groups (broad SMARTS) is 1. The maximum Gasteiger partial charge on any atom is 0.328 e. The van der Waals surface area contributed by atoms with Gasteiger partial charge in [-0.25, -0.2) is 4.79 Å². The Morgan fingerprint density at radius 3 is 2.71 bits per heavy atom. The van der Waals surface area contributed by atoms with Gasteiger partial charge in [0.25, 0.3) is 0 Å². The number of aryl methyl sites for hydroxylation is 1. The van der Waals surface area contributed by atoms with Crippen molar-refractivity contribution in [3.8, 4) is 0 Å². The topological polar surface area (TPSA) is 37.3 Å². The number of carboxylic acids is 1. The standard InChI is InChI=1S/C10H8BrIO2/c1-6-4-8(11)7(9(12)5-6)2-3-10(13)14/h2-5H,1H3,(H,13,14)/b3-2+. The molecule has 0 bridgehead atoms. The lowest BCUT2D eigenvalue weighted by Gasteiger charge is -2.03. The van der Waals surface area contributed by atoms with Crippen molar-refractivity contribution < 1.29 is 9.90 Å². The molecule has 1 aromatic rings. The van der Waals surface area contributed by atoms with E-state index in [-0.39, 0.29) is 0 Å². The highest BCUT2D eigenvalue weighted by atomic mass is 127. The molecular formula is C10H8BrIO2. The summed E-state index contributed by atoms with van der Waals surface area (Å²) in [5, 5.41) is 8.51. The zero-order valence-corrected chi connectivity index (χ0v) is 11.2. The monoisotopic (exact) mass is 366 g/mol. The van der Waals surface area contributed by atoms with Crippen molar-refractivity contribution in [3.05, 3.63) is 37.4 Å². The number of halogens is 2. The minimum Gasteiger partial charge on any atom is -0.478 e. The van der Waals surface area contributed by atoms with Gasteiger partial charge in [-0.2, -0.15) is 0 Å². The summed E-state index contributed by atoms with van der Waals surface area (Å²) >= 11 is 5.58. The van der Waals surface area contributed by atoms with Crippen LogP contribution in [0.15, 0.2) is 22.7 Å². The minimum absolute atomic E-state index is 0.901. The third-order valence-electron chi connectivity index (χ3n) is 1.62. The molecule has 0 saturated carbocycles. The zero-order chi connectivity index (χ0) is 10.7. The van der Waals surface area contributed by atoms with Crippen LogP contribution in [0.2, 0.25) is 0 Å². The van der Waals surface area contributed by atoms with Crippen molar-refractivity contribution in [2.45, 2.75) is 6.92 Å². The van der Waals surface area contributed by atoms with E-state index in [9.17, 15) is 4.79 Å². The van der Waals surface area contributed by atoms with Crippen molar-refractivity contribution in [1.82, 2.24) is 0 Å². The summed E-state index contributed by atoms with van der Waals surface area (Å²) < 4.78 is 1.95. The average molecular weight is 367 g/mol. The molecule has 0 amide bonds. The predicted octanol–water partition coefficient (Wildman–Crippen LogP) is 3.46. The average Bonchev–Trinajstić information content (AvgIpc) is 2.01. The largest absolute Gasteiger partial charge is 0.478 e. The number of hydrogen-bond donors (Lipinski definition) is 1. The molecule has 4 heteroatoms. The Balaban J connectivity index is 3.15. The van der Waals surface area contributed by atoms with E-state index in [0.717, 1.165) is 25.2 Å². The smallest absolute Gasteiger partial charge is 0.328 e. The van der Waals surface area contributed by atoms with Crippen LogP contribution in [0.1, 0.15) is 11.1 Å². The second-order valence-electron chi connectivity index (χ2n) is 2.81. The molecule has 2 nitrogen and oxygen atoms in total. The van der Waals surface area contributed by atoms with Crippen LogP contribution in [0.5, 0.6) is 0 Å². The van der Waals surface area contributed by atoms with Crippen LogP contribution in [0.4, 0.5) is 0 Å². The molecule has 14 heavy (non-hydrogen) atoms. The molecule has 0 radical (unpaired) electrons. The normalized spacial score (nSPS) is 10.8. The Morgan fingerprint density at radius 1 is 1.57 bits per heavy atom. The molecule has 0 aromatic heterocycles. The van der Waals surface area contributed by atoms with Gasteiger partial charge in [0, 0.05) is 19.7 Å². The summed E-state index contributed by atoms with van der Waals surface area (Å²) in [6.07, 6.45) is 2.73. The fraction of sp³-hybridized carbons (Fsp3) is 0.100. The van der Waals surface area contributed by atoms with Crippen molar-refractivity contribution in [2.75, 3.05) is 0 Å². The van der Waals surface area contributed by atoms with E-state index >= 15 is 0 Å². The lowest BCUT2D eigenvalue weighted by Crippen LogP contribution is -1.89.